The summed E-state index contributed by atoms with van der Waals surface area (Å²) in [5.41, 5.74) is 0. The van der Waals surface area contributed by atoms with Crippen LogP contribution in [0.25, 0.3) is 0 Å². The molecule has 6 heteroatoms. The van der Waals surface area contributed by atoms with E-state index < -0.39 is 12.0 Å². The summed E-state index contributed by atoms with van der Waals surface area (Å²) in [6, 6.07) is -1.16. The second-order valence-electron chi connectivity index (χ2n) is 5.55. The third kappa shape index (κ3) is 6.03. The Hall–Kier alpha value is -0.910. The van der Waals surface area contributed by atoms with Crippen molar-refractivity contribution in [2.24, 2.45) is 11.8 Å². The van der Waals surface area contributed by atoms with Crippen molar-refractivity contribution in [3.8, 4) is 0 Å². The van der Waals surface area contributed by atoms with Gasteiger partial charge in [0.2, 0.25) is 0 Å². The van der Waals surface area contributed by atoms with Gasteiger partial charge in [0.25, 0.3) is 0 Å². The molecule has 0 aromatic carbocycles. The number of hydrogen-bond donors (Lipinski definition) is 3. The van der Waals surface area contributed by atoms with E-state index in [1.165, 1.54) is 19.3 Å². The molecular weight excluding hydrogens is 276 g/mol. The summed E-state index contributed by atoms with van der Waals surface area (Å²) in [5.74, 6) is 0.900. The highest BCUT2D eigenvalue weighted by Gasteiger charge is 2.23. The first-order chi connectivity index (χ1) is 9.54. The van der Waals surface area contributed by atoms with Gasteiger partial charge in [-0.15, -0.1) is 0 Å². The fraction of sp³-hybridized carbons (Fsp3) is 0.857. The highest BCUT2D eigenvalue weighted by Crippen LogP contribution is 2.28. The van der Waals surface area contributed by atoms with E-state index >= 15 is 0 Å². The quantitative estimate of drug-likeness (QED) is 0.674. The van der Waals surface area contributed by atoms with Gasteiger partial charge in [0.1, 0.15) is 6.04 Å². The van der Waals surface area contributed by atoms with Crippen LogP contribution in [0.3, 0.4) is 0 Å². The lowest BCUT2D eigenvalue weighted by atomic mass is 9.80. The first-order valence-corrected chi connectivity index (χ1v) is 8.70. The minimum absolute atomic E-state index is 0.365. The second-order valence-corrected chi connectivity index (χ2v) is 6.53. The number of nitrogens with one attached hydrogen (secondary N) is 2. The van der Waals surface area contributed by atoms with Crippen LogP contribution in [0, 0.1) is 11.8 Å². The molecule has 0 bridgehead atoms. The molecule has 2 unspecified atom stereocenters. The van der Waals surface area contributed by atoms with Crippen LogP contribution in [0.15, 0.2) is 0 Å². The van der Waals surface area contributed by atoms with Gasteiger partial charge in [-0.2, -0.15) is 11.8 Å². The van der Waals surface area contributed by atoms with Crippen molar-refractivity contribution in [3.05, 3.63) is 0 Å². The molecule has 0 aliphatic heterocycles. The zero-order valence-electron chi connectivity index (χ0n) is 12.4. The molecule has 1 saturated carbocycles. The number of aliphatic carboxylic acids is 1. The highest BCUT2D eigenvalue weighted by atomic mass is 32.2. The van der Waals surface area contributed by atoms with E-state index in [2.05, 4.69) is 17.6 Å². The van der Waals surface area contributed by atoms with E-state index in [4.69, 9.17) is 5.11 Å². The van der Waals surface area contributed by atoms with E-state index in [9.17, 15) is 9.59 Å². The Labute approximate surface area is 125 Å². The van der Waals surface area contributed by atoms with Gasteiger partial charge in [0, 0.05) is 6.54 Å². The predicted octanol–water partition coefficient (Wildman–Crippen LogP) is 2.32. The maximum Gasteiger partial charge on any atom is 0.326 e. The van der Waals surface area contributed by atoms with Crippen LogP contribution in [0.5, 0.6) is 0 Å². The van der Waals surface area contributed by atoms with Crippen molar-refractivity contribution in [1.29, 1.82) is 0 Å². The Bertz CT molecular complexity index is 326. The van der Waals surface area contributed by atoms with E-state index in [-0.39, 0.29) is 6.03 Å². The smallest absolute Gasteiger partial charge is 0.326 e. The highest BCUT2D eigenvalue weighted by molar-refractivity contribution is 7.98. The van der Waals surface area contributed by atoms with Gasteiger partial charge in [-0.1, -0.05) is 26.2 Å². The molecule has 0 heterocycles. The monoisotopic (exact) mass is 302 g/mol. The van der Waals surface area contributed by atoms with Crippen molar-refractivity contribution < 1.29 is 14.7 Å². The molecule has 2 amide bonds. The number of carboxylic acid groups (broad SMARTS) is 1. The molecule has 0 saturated heterocycles. The summed E-state index contributed by atoms with van der Waals surface area (Å²) in [6.07, 6.45) is 7.24. The molecule has 1 rings (SSSR count). The third-order valence-corrected chi connectivity index (χ3v) is 4.67. The van der Waals surface area contributed by atoms with Crippen LogP contribution in [0.4, 0.5) is 4.79 Å². The Kier molecular flexibility index (Phi) is 7.80. The number of carbonyl (C=O) groups is 2. The number of amides is 2. The van der Waals surface area contributed by atoms with Gasteiger partial charge in [-0.25, -0.2) is 9.59 Å². The number of carboxylic acids is 1. The molecular formula is C14H26N2O3S. The van der Waals surface area contributed by atoms with Gasteiger partial charge >= 0.3 is 12.0 Å². The maximum absolute atomic E-state index is 11.8. The fourth-order valence-electron chi connectivity index (χ4n) is 2.62. The molecule has 0 spiro atoms. The number of carbonyl (C=O) groups excluding carboxylic acids is 1. The molecule has 5 nitrogen and oxygen atoms in total. The van der Waals surface area contributed by atoms with E-state index in [0.717, 1.165) is 12.2 Å². The number of hydrogen-bond acceptors (Lipinski definition) is 3. The van der Waals surface area contributed by atoms with Crippen LogP contribution in [-0.4, -0.2) is 41.7 Å². The van der Waals surface area contributed by atoms with Crippen LogP contribution in [0.2, 0.25) is 0 Å². The predicted molar refractivity (Wildman–Crippen MR) is 82.1 cm³/mol. The minimum atomic E-state index is -0.972. The SMILES string of the molecule is CSCC[C@H](NC(=O)NCC1CCCCC1C)C(=O)O. The third-order valence-electron chi connectivity index (χ3n) is 4.03. The van der Waals surface area contributed by atoms with Crippen molar-refractivity contribution in [3.63, 3.8) is 0 Å². The molecule has 3 atom stereocenters. The number of thioether (sulfide) groups is 1. The largest absolute Gasteiger partial charge is 0.480 e. The van der Waals surface area contributed by atoms with Crippen molar-refractivity contribution in [1.82, 2.24) is 10.6 Å². The van der Waals surface area contributed by atoms with Crippen LogP contribution in [0.1, 0.15) is 39.0 Å². The lowest BCUT2D eigenvalue weighted by molar-refractivity contribution is -0.139. The second kappa shape index (κ2) is 9.10. The average Bonchev–Trinajstić information content (AvgIpc) is 2.42. The molecule has 1 aliphatic carbocycles. The van der Waals surface area contributed by atoms with E-state index in [1.54, 1.807) is 11.8 Å². The van der Waals surface area contributed by atoms with Gasteiger partial charge in [-0.3, -0.25) is 0 Å². The van der Waals surface area contributed by atoms with Crippen molar-refractivity contribution >= 4 is 23.8 Å². The van der Waals surface area contributed by atoms with Crippen LogP contribution in [-0.2, 0) is 4.79 Å². The van der Waals surface area contributed by atoms with Crippen LogP contribution < -0.4 is 10.6 Å². The van der Waals surface area contributed by atoms with Crippen LogP contribution >= 0.6 is 11.8 Å². The topological polar surface area (TPSA) is 78.4 Å². The Morgan fingerprint density at radius 1 is 1.35 bits per heavy atom. The first kappa shape index (κ1) is 17.1. The summed E-state index contributed by atoms with van der Waals surface area (Å²) in [4.78, 5) is 22.8. The standard InChI is InChI=1S/C14H26N2O3S/c1-10-5-3-4-6-11(10)9-15-14(19)16-12(13(17)18)7-8-20-2/h10-12H,3-9H2,1-2H3,(H,17,18)(H2,15,16,19)/t10?,11?,12-/m0/s1. The molecule has 1 fully saturated rings. The summed E-state index contributed by atoms with van der Waals surface area (Å²) in [5, 5.41) is 14.4. The van der Waals surface area contributed by atoms with Crippen molar-refractivity contribution in [2.45, 2.75) is 45.1 Å². The van der Waals surface area contributed by atoms with E-state index in [1.807, 2.05) is 6.26 Å². The normalized spacial score (nSPS) is 23.9. The van der Waals surface area contributed by atoms with E-state index in [0.29, 0.717) is 24.8 Å². The molecule has 20 heavy (non-hydrogen) atoms. The zero-order chi connectivity index (χ0) is 15.0. The van der Waals surface area contributed by atoms with Gasteiger partial charge in [-0.05, 0) is 36.7 Å². The number of urea groups is 1. The summed E-state index contributed by atoms with van der Waals surface area (Å²) < 4.78 is 0. The Morgan fingerprint density at radius 2 is 2.05 bits per heavy atom. The first-order valence-electron chi connectivity index (χ1n) is 7.30. The molecule has 0 radical (unpaired) electrons. The van der Waals surface area contributed by atoms with Crippen molar-refractivity contribution in [2.75, 3.05) is 18.6 Å². The van der Waals surface area contributed by atoms with Gasteiger partial charge in [0.05, 0.1) is 0 Å². The summed E-state index contributed by atoms with van der Waals surface area (Å²) in [6.45, 7) is 2.86. The zero-order valence-corrected chi connectivity index (χ0v) is 13.2. The minimum Gasteiger partial charge on any atom is -0.480 e. The lowest BCUT2D eigenvalue weighted by Gasteiger charge is -2.29. The Morgan fingerprint density at radius 3 is 2.65 bits per heavy atom. The average molecular weight is 302 g/mol. The molecule has 0 aromatic rings. The Balaban J connectivity index is 2.31. The fourth-order valence-corrected chi connectivity index (χ4v) is 3.09. The molecule has 116 valence electrons. The lowest BCUT2D eigenvalue weighted by Crippen LogP contribution is -2.47. The van der Waals surface area contributed by atoms with Gasteiger partial charge < -0.3 is 15.7 Å². The molecule has 0 aromatic heterocycles. The molecule has 3 N–H and O–H groups in total. The summed E-state index contributed by atoms with van der Waals surface area (Å²) >= 11 is 1.58. The molecule has 1 aliphatic rings. The maximum atomic E-state index is 11.8. The number of rotatable bonds is 7. The van der Waals surface area contributed by atoms with Gasteiger partial charge in [0.15, 0.2) is 0 Å². The summed E-state index contributed by atoms with van der Waals surface area (Å²) in [7, 11) is 0.